The highest BCUT2D eigenvalue weighted by molar-refractivity contribution is 5.93. The van der Waals surface area contributed by atoms with Gasteiger partial charge in [-0.2, -0.15) is 0 Å². The van der Waals surface area contributed by atoms with Gasteiger partial charge in [0.05, 0.1) is 0 Å². The van der Waals surface area contributed by atoms with Gasteiger partial charge in [-0.1, -0.05) is 13.3 Å². The van der Waals surface area contributed by atoms with Crippen LogP contribution in [0, 0.1) is 6.92 Å². The van der Waals surface area contributed by atoms with Gasteiger partial charge >= 0.3 is 0 Å². The van der Waals surface area contributed by atoms with E-state index in [0.29, 0.717) is 12.2 Å². The van der Waals surface area contributed by atoms with Crippen molar-refractivity contribution in [3.63, 3.8) is 0 Å². The van der Waals surface area contributed by atoms with E-state index < -0.39 is 0 Å². The van der Waals surface area contributed by atoms with E-state index in [0.717, 1.165) is 18.5 Å². The number of nitrogens with two attached hydrogens (primary N) is 1. The Labute approximate surface area is 96.8 Å². The van der Waals surface area contributed by atoms with Crippen LogP contribution in [-0.2, 0) is 7.05 Å². The molecule has 1 unspecified atom stereocenters. The van der Waals surface area contributed by atoms with Gasteiger partial charge in [-0.25, -0.2) is 0 Å². The van der Waals surface area contributed by atoms with E-state index in [1.807, 2.05) is 30.7 Å². The molecule has 1 rings (SSSR count). The Hall–Kier alpha value is -1.29. The van der Waals surface area contributed by atoms with Gasteiger partial charge in [0.2, 0.25) is 0 Å². The number of nitrogens with one attached hydrogen (secondary N) is 1. The Bertz CT molecular complexity index is 357. The van der Waals surface area contributed by atoms with Crippen molar-refractivity contribution in [2.75, 3.05) is 6.54 Å². The molecular weight excluding hydrogens is 202 g/mol. The summed E-state index contributed by atoms with van der Waals surface area (Å²) < 4.78 is 1.88. The molecule has 1 heterocycles. The zero-order valence-electron chi connectivity index (χ0n) is 10.3. The Balaban J connectivity index is 2.68. The fraction of sp³-hybridized carbons (Fsp3) is 0.583. The zero-order valence-corrected chi connectivity index (χ0v) is 10.3. The lowest BCUT2D eigenvalue weighted by Crippen LogP contribution is -2.40. The average Bonchev–Trinajstić information content (AvgIpc) is 2.59. The summed E-state index contributed by atoms with van der Waals surface area (Å²) in [5.74, 6) is -0.0421. The quantitative estimate of drug-likeness (QED) is 0.787. The second-order valence-corrected chi connectivity index (χ2v) is 4.11. The van der Waals surface area contributed by atoms with Crippen molar-refractivity contribution >= 4 is 5.91 Å². The summed E-state index contributed by atoms with van der Waals surface area (Å²) in [5.41, 5.74) is 7.37. The normalized spacial score (nSPS) is 12.5. The number of hydrogen-bond donors (Lipinski definition) is 2. The molecule has 1 aromatic heterocycles. The first-order valence-corrected chi connectivity index (χ1v) is 5.73. The number of nitrogens with zero attached hydrogens (tertiary/aromatic N) is 1. The van der Waals surface area contributed by atoms with Crippen molar-refractivity contribution in [2.24, 2.45) is 12.8 Å². The van der Waals surface area contributed by atoms with E-state index in [2.05, 4.69) is 12.2 Å². The highest BCUT2D eigenvalue weighted by Gasteiger charge is 2.14. The van der Waals surface area contributed by atoms with Gasteiger partial charge in [-0.05, 0) is 25.5 Å². The van der Waals surface area contributed by atoms with E-state index >= 15 is 0 Å². The number of carbonyl (C=O) groups excluding carboxylic acids is 1. The monoisotopic (exact) mass is 223 g/mol. The minimum atomic E-state index is -0.0421. The molecule has 16 heavy (non-hydrogen) atoms. The molecule has 0 saturated heterocycles. The van der Waals surface area contributed by atoms with Crippen LogP contribution in [0.15, 0.2) is 12.1 Å². The summed E-state index contributed by atoms with van der Waals surface area (Å²) in [6.45, 7) is 4.55. The van der Waals surface area contributed by atoms with Crippen LogP contribution < -0.4 is 11.1 Å². The first-order chi connectivity index (χ1) is 7.60. The van der Waals surface area contributed by atoms with Crippen molar-refractivity contribution in [1.82, 2.24) is 9.88 Å². The molecule has 4 heteroatoms. The largest absolute Gasteiger partial charge is 0.347 e. The van der Waals surface area contributed by atoms with E-state index in [4.69, 9.17) is 5.73 Å². The third-order valence-corrected chi connectivity index (χ3v) is 2.86. The van der Waals surface area contributed by atoms with Crippen molar-refractivity contribution in [2.45, 2.75) is 32.7 Å². The van der Waals surface area contributed by atoms with Crippen molar-refractivity contribution in [3.8, 4) is 0 Å². The molecule has 1 amide bonds. The van der Waals surface area contributed by atoms with Crippen LogP contribution in [0.25, 0.3) is 0 Å². The predicted octanol–water partition coefficient (Wildman–Crippen LogP) is 1.19. The molecule has 0 fully saturated rings. The molecule has 90 valence electrons. The lowest BCUT2D eigenvalue weighted by atomic mass is 10.1. The SMILES string of the molecule is CCCC(CN)NC(=O)c1ccc(C)n1C. The van der Waals surface area contributed by atoms with E-state index in [9.17, 15) is 4.79 Å². The molecule has 0 saturated carbocycles. The second-order valence-electron chi connectivity index (χ2n) is 4.11. The molecule has 0 spiro atoms. The highest BCUT2D eigenvalue weighted by atomic mass is 16.2. The van der Waals surface area contributed by atoms with Crippen LogP contribution in [0.1, 0.15) is 35.9 Å². The van der Waals surface area contributed by atoms with Crippen LogP contribution in [0.4, 0.5) is 0 Å². The zero-order chi connectivity index (χ0) is 12.1. The molecule has 0 aliphatic carbocycles. The van der Waals surface area contributed by atoms with Crippen LogP contribution in [0.5, 0.6) is 0 Å². The maximum Gasteiger partial charge on any atom is 0.268 e. The minimum absolute atomic E-state index is 0.0421. The van der Waals surface area contributed by atoms with Crippen molar-refractivity contribution < 1.29 is 4.79 Å². The third kappa shape index (κ3) is 2.85. The number of rotatable bonds is 5. The first-order valence-electron chi connectivity index (χ1n) is 5.73. The maximum atomic E-state index is 11.9. The highest BCUT2D eigenvalue weighted by Crippen LogP contribution is 2.06. The fourth-order valence-electron chi connectivity index (χ4n) is 1.70. The third-order valence-electron chi connectivity index (χ3n) is 2.86. The van der Waals surface area contributed by atoms with Crippen LogP contribution in [0.3, 0.4) is 0 Å². The number of aromatic nitrogens is 1. The van der Waals surface area contributed by atoms with E-state index in [-0.39, 0.29) is 11.9 Å². The fourth-order valence-corrected chi connectivity index (χ4v) is 1.70. The van der Waals surface area contributed by atoms with Gasteiger partial charge in [0.15, 0.2) is 0 Å². The molecular formula is C12H21N3O. The molecule has 3 N–H and O–H groups in total. The number of hydrogen-bond acceptors (Lipinski definition) is 2. The number of amides is 1. The number of carbonyl (C=O) groups is 1. The molecule has 0 bridgehead atoms. The smallest absolute Gasteiger partial charge is 0.268 e. The molecule has 4 nitrogen and oxygen atoms in total. The Kier molecular flexibility index (Phi) is 4.55. The first kappa shape index (κ1) is 12.8. The van der Waals surface area contributed by atoms with Gasteiger partial charge in [0.25, 0.3) is 5.91 Å². The van der Waals surface area contributed by atoms with Gasteiger partial charge in [-0.15, -0.1) is 0 Å². The van der Waals surface area contributed by atoms with Crippen LogP contribution >= 0.6 is 0 Å². The predicted molar refractivity (Wildman–Crippen MR) is 65.4 cm³/mol. The second kappa shape index (κ2) is 5.70. The summed E-state index contributed by atoms with van der Waals surface area (Å²) in [7, 11) is 1.89. The summed E-state index contributed by atoms with van der Waals surface area (Å²) in [6.07, 6.45) is 1.94. The molecule has 0 aliphatic heterocycles. The Morgan fingerprint density at radius 2 is 2.25 bits per heavy atom. The van der Waals surface area contributed by atoms with E-state index in [1.54, 1.807) is 0 Å². The van der Waals surface area contributed by atoms with E-state index in [1.165, 1.54) is 0 Å². The molecule has 1 atom stereocenters. The summed E-state index contributed by atoms with van der Waals surface area (Å²) >= 11 is 0. The lowest BCUT2D eigenvalue weighted by Gasteiger charge is -2.16. The topological polar surface area (TPSA) is 60.0 Å². The van der Waals surface area contributed by atoms with Gasteiger partial charge < -0.3 is 15.6 Å². The van der Waals surface area contributed by atoms with Crippen LogP contribution in [-0.4, -0.2) is 23.1 Å². The molecule has 0 radical (unpaired) electrons. The van der Waals surface area contributed by atoms with Crippen molar-refractivity contribution in [1.29, 1.82) is 0 Å². The maximum absolute atomic E-state index is 11.9. The molecule has 0 aliphatic rings. The van der Waals surface area contributed by atoms with Gasteiger partial charge in [0.1, 0.15) is 5.69 Å². The Morgan fingerprint density at radius 1 is 1.56 bits per heavy atom. The van der Waals surface area contributed by atoms with Crippen LogP contribution in [0.2, 0.25) is 0 Å². The molecule has 1 aromatic rings. The van der Waals surface area contributed by atoms with Gasteiger partial charge in [0, 0.05) is 25.3 Å². The summed E-state index contributed by atoms with van der Waals surface area (Å²) in [5, 5.41) is 2.95. The number of aryl methyl sites for hydroxylation is 1. The lowest BCUT2D eigenvalue weighted by molar-refractivity contribution is 0.0927. The standard InChI is InChI=1S/C12H21N3O/c1-4-5-10(8-13)14-12(16)11-7-6-9(2)15(11)3/h6-7,10H,4-5,8,13H2,1-3H3,(H,14,16). The Morgan fingerprint density at radius 3 is 2.69 bits per heavy atom. The average molecular weight is 223 g/mol. The summed E-state index contributed by atoms with van der Waals surface area (Å²) in [6, 6.07) is 3.85. The summed E-state index contributed by atoms with van der Waals surface area (Å²) in [4.78, 5) is 11.9. The molecule has 0 aromatic carbocycles. The van der Waals surface area contributed by atoms with Gasteiger partial charge in [-0.3, -0.25) is 4.79 Å². The minimum Gasteiger partial charge on any atom is -0.347 e. The van der Waals surface area contributed by atoms with Crippen molar-refractivity contribution in [3.05, 3.63) is 23.5 Å².